The molecular weight excluding hydrogens is 387 g/mol. The number of anilines is 1. The molecule has 0 radical (unpaired) electrons. The number of nitrogens with zero attached hydrogens (tertiary/aromatic N) is 2. The normalized spacial score (nSPS) is 21.5. The summed E-state index contributed by atoms with van der Waals surface area (Å²) in [6.07, 6.45) is 2.10. The van der Waals surface area contributed by atoms with Crippen molar-refractivity contribution in [2.75, 3.05) is 18.0 Å². The summed E-state index contributed by atoms with van der Waals surface area (Å²) in [6.45, 7) is 3.12. The molecule has 21 heavy (non-hydrogen) atoms. The topological polar surface area (TPSA) is 83.7 Å². The molecule has 0 amide bonds. The second kappa shape index (κ2) is 6.17. The maximum atomic E-state index is 11.6. The van der Waals surface area contributed by atoms with Crippen LogP contribution in [0, 0.1) is 19.1 Å². The van der Waals surface area contributed by atoms with E-state index in [4.69, 9.17) is 0 Å². The Hall–Kier alpha value is -1.38. The number of carboxylic acid groups (broad SMARTS) is 1. The molecule has 1 saturated heterocycles. The van der Waals surface area contributed by atoms with Crippen LogP contribution in [0.15, 0.2) is 18.2 Å². The Morgan fingerprint density at radius 1 is 1.57 bits per heavy atom. The number of carbonyl (C=O) groups is 1. The number of carboxylic acids is 1. The van der Waals surface area contributed by atoms with Crippen LogP contribution >= 0.6 is 22.6 Å². The molecule has 0 aromatic heterocycles. The van der Waals surface area contributed by atoms with Gasteiger partial charge in [-0.3, -0.25) is 14.9 Å². The zero-order valence-electron chi connectivity index (χ0n) is 11.7. The van der Waals surface area contributed by atoms with Crippen LogP contribution in [0.25, 0.3) is 0 Å². The van der Waals surface area contributed by atoms with Gasteiger partial charge in [0.25, 0.3) is 5.69 Å². The molecule has 1 aromatic carbocycles. The standard InChI is InChI=1S/C14H17IN2O4/c1-2-5-14(13(18)19)6-7-16(9-14)12-4-3-10(17(20)21)8-11(12)15/h3-4,8H,2,5-7,9H2,1H3,(H,18,19). The Bertz CT molecular complexity index is 578. The van der Waals surface area contributed by atoms with Gasteiger partial charge in [0.2, 0.25) is 0 Å². The molecule has 1 fully saturated rings. The molecule has 1 heterocycles. The third-order valence-electron chi connectivity index (χ3n) is 4.02. The largest absolute Gasteiger partial charge is 0.481 e. The van der Waals surface area contributed by atoms with Crippen molar-refractivity contribution in [2.45, 2.75) is 26.2 Å². The van der Waals surface area contributed by atoms with Gasteiger partial charge in [0, 0.05) is 28.8 Å². The minimum Gasteiger partial charge on any atom is -0.481 e. The van der Waals surface area contributed by atoms with Gasteiger partial charge < -0.3 is 10.0 Å². The van der Waals surface area contributed by atoms with E-state index < -0.39 is 16.3 Å². The minimum atomic E-state index is -0.747. The smallest absolute Gasteiger partial charge is 0.311 e. The minimum absolute atomic E-state index is 0.0559. The molecule has 1 N–H and O–H groups in total. The third-order valence-corrected chi connectivity index (χ3v) is 4.88. The molecule has 114 valence electrons. The average molecular weight is 404 g/mol. The number of nitro groups is 1. The molecule has 0 saturated carbocycles. The average Bonchev–Trinajstić information content (AvgIpc) is 2.84. The predicted molar refractivity (Wildman–Crippen MR) is 87.6 cm³/mol. The van der Waals surface area contributed by atoms with E-state index in [1.165, 1.54) is 12.1 Å². The van der Waals surface area contributed by atoms with Crippen molar-refractivity contribution in [3.63, 3.8) is 0 Å². The van der Waals surface area contributed by atoms with Gasteiger partial charge in [-0.1, -0.05) is 13.3 Å². The summed E-state index contributed by atoms with van der Waals surface area (Å²) in [5, 5.41) is 20.3. The lowest BCUT2D eigenvalue weighted by Gasteiger charge is -2.25. The van der Waals surface area contributed by atoms with Crippen LogP contribution in [0.1, 0.15) is 26.2 Å². The molecule has 1 aliphatic heterocycles. The van der Waals surface area contributed by atoms with Crippen molar-refractivity contribution in [3.8, 4) is 0 Å². The van der Waals surface area contributed by atoms with Crippen molar-refractivity contribution in [2.24, 2.45) is 5.41 Å². The van der Waals surface area contributed by atoms with Crippen LogP contribution in [0.2, 0.25) is 0 Å². The van der Waals surface area contributed by atoms with Crippen molar-refractivity contribution < 1.29 is 14.8 Å². The van der Waals surface area contributed by atoms with Gasteiger partial charge in [0.15, 0.2) is 0 Å². The summed E-state index contributed by atoms with van der Waals surface area (Å²) in [5.41, 5.74) is 0.236. The fourth-order valence-corrected chi connectivity index (χ4v) is 3.75. The van der Waals surface area contributed by atoms with Crippen molar-refractivity contribution in [1.82, 2.24) is 0 Å². The Morgan fingerprint density at radius 3 is 2.81 bits per heavy atom. The Labute approximate surface area is 136 Å². The second-order valence-electron chi connectivity index (χ2n) is 5.40. The fourth-order valence-electron chi connectivity index (χ4n) is 2.91. The van der Waals surface area contributed by atoms with E-state index in [9.17, 15) is 20.0 Å². The SMILES string of the molecule is CCCC1(C(=O)O)CCN(c2ccc([N+](=O)[O-])cc2I)C1. The highest BCUT2D eigenvalue weighted by molar-refractivity contribution is 14.1. The maximum Gasteiger partial charge on any atom is 0.311 e. The maximum absolute atomic E-state index is 11.6. The molecule has 0 aliphatic carbocycles. The molecule has 0 spiro atoms. The van der Waals surface area contributed by atoms with Crippen LogP contribution in [0.4, 0.5) is 11.4 Å². The number of hydrogen-bond donors (Lipinski definition) is 1. The van der Waals surface area contributed by atoms with Gasteiger partial charge in [0.05, 0.1) is 16.0 Å². The van der Waals surface area contributed by atoms with E-state index in [1.54, 1.807) is 6.07 Å². The van der Waals surface area contributed by atoms with Crippen LogP contribution in [0.5, 0.6) is 0 Å². The molecular formula is C14H17IN2O4. The molecule has 1 unspecified atom stereocenters. The Balaban J connectivity index is 2.25. The molecule has 1 aliphatic rings. The number of aliphatic carboxylic acids is 1. The van der Waals surface area contributed by atoms with Gasteiger partial charge in [-0.05, 0) is 41.5 Å². The first-order valence-corrected chi connectivity index (χ1v) is 7.90. The summed E-state index contributed by atoms with van der Waals surface area (Å²) < 4.78 is 0.777. The van der Waals surface area contributed by atoms with Gasteiger partial charge >= 0.3 is 5.97 Å². The van der Waals surface area contributed by atoms with Gasteiger partial charge in [-0.25, -0.2) is 0 Å². The zero-order valence-corrected chi connectivity index (χ0v) is 13.9. The summed E-state index contributed by atoms with van der Waals surface area (Å²) in [5.74, 6) is -0.747. The number of halogens is 1. The first-order valence-electron chi connectivity index (χ1n) is 6.82. The van der Waals surface area contributed by atoms with E-state index in [1.807, 2.05) is 11.8 Å². The van der Waals surface area contributed by atoms with Crippen LogP contribution < -0.4 is 4.90 Å². The van der Waals surface area contributed by atoms with Crippen LogP contribution in [0.3, 0.4) is 0 Å². The van der Waals surface area contributed by atoms with Crippen molar-refractivity contribution >= 4 is 39.9 Å². The molecule has 2 rings (SSSR count). The van der Waals surface area contributed by atoms with Crippen molar-refractivity contribution in [3.05, 3.63) is 31.9 Å². The first kappa shape index (κ1) is 16.0. The van der Waals surface area contributed by atoms with Gasteiger partial charge in [-0.15, -0.1) is 0 Å². The molecule has 0 bridgehead atoms. The van der Waals surface area contributed by atoms with Crippen molar-refractivity contribution in [1.29, 1.82) is 0 Å². The quantitative estimate of drug-likeness (QED) is 0.463. The number of nitro benzene ring substituents is 1. The number of hydrogen-bond acceptors (Lipinski definition) is 4. The van der Waals surface area contributed by atoms with E-state index in [0.29, 0.717) is 25.9 Å². The zero-order chi connectivity index (χ0) is 15.6. The van der Waals surface area contributed by atoms with Crippen LogP contribution in [-0.2, 0) is 4.79 Å². The Morgan fingerprint density at radius 2 is 2.29 bits per heavy atom. The Kier molecular flexibility index (Phi) is 4.70. The number of non-ortho nitro benzene ring substituents is 1. The molecule has 7 heteroatoms. The highest BCUT2D eigenvalue weighted by Gasteiger charge is 2.44. The monoisotopic (exact) mass is 404 g/mol. The molecule has 1 aromatic rings. The lowest BCUT2D eigenvalue weighted by molar-refractivity contribution is -0.384. The molecule has 6 nitrogen and oxygen atoms in total. The first-order chi connectivity index (χ1) is 9.89. The summed E-state index contributed by atoms with van der Waals surface area (Å²) in [4.78, 5) is 24.0. The second-order valence-corrected chi connectivity index (χ2v) is 6.56. The lowest BCUT2D eigenvalue weighted by Crippen LogP contribution is -2.34. The molecule has 1 atom stereocenters. The van der Waals surface area contributed by atoms with Gasteiger partial charge in [-0.2, -0.15) is 0 Å². The highest BCUT2D eigenvalue weighted by atomic mass is 127. The summed E-state index contributed by atoms with van der Waals surface area (Å²) in [6, 6.07) is 4.71. The summed E-state index contributed by atoms with van der Waals surface area (Å²) in [7, 11) is 0. The van der Waals surface area contributed by atoms with E-state index >= 15 is 0 Å². The summed E-state index contributed by atoms with van der Waals surface area (Å²) >= 11 is 2.07. The predicted octanol–water partition coefficient (Wildman–Crippen LogP) is 3.28. The van der Waals surface area contributed by atoms with E-state index in [-0.39, 0.29) is 5.69 Å². The fraction of sp³-hybridized carbons (Fsp3) is 0.500. The van der Waals surface area contributed by atoms with Gasteiger partial charge in [0.1, 0.15) is 0 Å². The number of benzene rings is 1. The van der Waals surface area contributed by atoms with Crippen LogP contribution in [-0.4, -0.2) is 29.1 Å². The third kappa shape index (κ3) is 3.12. The highest BCUT2D eigenvalue weighted by Crippen LogP contribution is 2.39. The number of rotatable bonds is 5. The van der Waals surface area contributed by atoms with E-state index in [0.717, 1.165) is 15.7 Å². The lowest BCUT2D eigenvalue weighted by atomic mass is 9.83. The van der Waals surface area contributed by atoms with E-state index in [2.05, 4.69) is 22.6 Å².